The Kier molecular flexibility index (Phi) is 4.88. The highest BCUT2D eigenvalue weighted by Crippen LogP contribution is 2.34. The van der Waals surface area contributed by atoms with Gasteiger partial charge in [-0.2, -0.15) is 18.3 Å². The number of alkyl halides is 3. The van der Waals surface area contributed by atoms with E-state index in [0.717, 1.165) is 4.57 Å². The van der Waals surface area contributed by atoms with Crippen molar-refractivity contribution in [3.8, 4) is 11.5 Å². The van der Waals surface area contributed by atoms with E-state index in [0.29, 0.717) is 36.5 Å². The smallest absolute Gasteiger partial charge is 0.417 e. The maximum Gasteiger partial charge on any atom is 0.417 e. The van der Waals surface area contributed by atoms with Crippen LogP contribution in [0.1, 0.15) is 12.0 Å². The SMILES string of the molecule is Cn1cc2c(C(F)(F)F)cc(=O)n(CCC(=O)Nc3ccc4c(c3)OCCO4)c2n1. The van der Waals surface area contributed by atoms with Gasteiger partial charge in [-0.05, 0) is 12.1 Å². The molecule has 4 rings (SSSR count). The molecule has 0 fully saturated rings. The van der Waals surface area contributed by atoms with Gasteiger partial charge >= 0.3 is 6.18 Å². The van der Waals surface area contributed by atoms with Crippen LogP contribution in [0.2, 0.25) is 0 Å². The molecule has 0 unspecified atom stereocenters. The van der Waals surface area contributed by atoms with Crippen LogP contribution in [0.15, 0.2) is 35.3 Å². The van der Waals surface area contributed by atoms with Crippen molar-refractivity contribution in [2.45, 2.75) is 19.1 Å². The number of pyridine rings is 1. The lowest BCUT2D eigenvalue weighted by Crippen LogP contribution is -2.25. The Balaban J connectivity index is 1.53. The lowest BCUT2D eigenvalue weighted by atomic mass is 10.2. The molecule has 3 aromatic rings. The molecule has 2 aromatic heterocycles. The summed E-state index contributed by atoms with van der Waals surface area (Å²) >= 11 is 0. The van der Waals surface area contributed by atoms with Crippen LogP contribution >= 0.6 is 0 Å². The second-order valence-corrected chi connectivity index (χ2v) is 6.74. The number of hydrogen-bond donors (Lipinski definition) is 1. The fourth-order valence-electron chi connectivity index (χ4n) is 3.26. The quantitative estimate of drug-likeness (QED) is 0.698. The van der Waals surface area contributed by atoms with E-state index in [4.69, 9.17) is 9.47 Å². The summed E-state index contributed by atoms with van der Waals surface area (Å²) < 4.78 is 52.9. The molecule has 1 aliphatic rings. The molecule has 30 heavy (non-hydrogen) atoms. The zero-order valence-electron chi connectivity index (χ0n) is 15.8. The van der Waals surface area contributed by atoms with Gasteiger partial charge in [0.25, 0.3) is 5.56 Å². The zero-order valence-corrected chi connectivity index (χ0v) is 15.8. The van der Waals surface area contributed by atoms with Crippen LogP contribution in [0.5, 0.6) is 11.5 Å². The number of nitrogens with zero attached hydrogens (tertiary/aromatic N) is 3. The first-order valence-electron chi connectivity index (χ1n) is 9.06. The van der Waals surface area contributed by atoms with Crippen molar-refractivity contribution in [2.75, 3.05) is 18.5 Å². The lowest BCUT2D eigenvalue weighted by molar-refractivity contribution is -0.136. The number of aromatic nitrogens is 3. The van der Waals surface area contributed by atoms with Gasteiger partial charge in [0, 0.05) is 49.4 Å². The second-order valence-electron chi connectivity index (χ2n) is 6.74. The van der Waals surface area contributed by atoms with Crippen LogP contribution in [0.4, 0.5) is 18.9 Å². The minimum Gasteiger partial charge on any atom is -0.486 e. The number of nitrogens with one attached hydrogen (secondary N) is 1. The highest BCUT2D eigenvalue weighted by atomic mass is 19.4. The van der Waals surface area contributed by atoms with E-state index >= 15 is 0 Å². The van der Waals surface area contributed by atoms with Crippen molar-refractivity contribution in [3.63, 3.8) is 0 Å². The lowest BCUT2D eigenvalue weighted by Gasteiger charge is -2.19. The first-order chi connectivity index (χ1) is 14.2. The zero-order chi connectivity index (χ0) is 21.5. The minimum atomic E-state index is -4.69. The number of carbonyl (C=O) groups excluding carboxylic acids is 1. The number of hydrogen-bond acceptors (Lipinski definition) is 5. The van der Waals surface area contributed by atoms with E-state index in [-0.39, 0.29) is 24.0 Å². The number of fused-ring (bicyclic) bond motifs is 2. The van der Waals surface area contributed by atoms with Crippen LogP contribution in [0.3, 0.4) is 0 Å². The summed E-state index contributed by atoms with van der Waals surface area (Å²) in [6.45, 7) is 0.727. The average Bonchev–Trinajstić information content (AvgIpc) is 3.06. The maximum atomic E-state index is 13.2. The van der Waals surface area contributed by atoms with Crippen molar-refractivity contribution in [1.82, 2.24) is 14.3 Å². The molecule has 1 N–H and O–H groups in total. The van der Waals surface area contributed by atoms with Gasteiger partial charge in [-0.1, -0.05) is 0 Å². The fourth-order valence-corrected chi connectivity index (χ4v) is 3.26. The number of aryl methyl sites for hydroxylation is 2. The molecule has 3 heterocycles. The molecule has 8 nitrogen and oxygen atoms in total. The van der Waals surface area contributed by atoms with Crippen LogP contribution < -0.4 is 20.3 Å². The van der Waals surface area contributed by atoms with Crippen molar-refractivity contribution in [2.24, 2.45) is 7.05 Å². The number of rotatable bonds is 4. The molecule has 0 saturated heterocycles. The van der Waals surface area contributed by atoms with Crippen LogP contribution in [-0.2, 0) is 24.6 Å². The Morgan fingerprint density at radius 2 is 1.93 bits per heavy atom. The van der Waals surface area contributed by atoms with E-state index in [1.165, 1.54) is 17.9 Å². The van der Waals surface area contributed by atoms with Gasteiger partial charge in [0.1, 0.15) is 13.2 Å². The molecule has 11 heteroatoms. The van der Waals surface area contributed by atoms with Crippen molar-refractivity contribution in [1.29, 1.82) is 0 Å². The molecule has 1 aromatic carbocycles. The van der Waals surface area contributed by atoms with Gasteiger partial charge in [0.2, 0.25) is 5.91 Å². The van der Waals surface area contributed by atoms with E-state index in [1.807, 2.05) is 0 Å². The summed E-state index contributed by atoms with van der Waals surface area (Å²) in [7, 11) is 1.46. The molecule has 0 spiro atoms. The van der Waals surface area contributed by atoms with E-state index in [1.54, 1.807) is 18.2 Å². The standard InChI is InChI=1S/C19H17F3N4O4/c1-25-10-12-13(19(20,21)22)9-17(28)26(18(12)24-25)5-4-16(27)23-11-2-3-14-15(8-11)30-7-6-29-14/h2-3,8-10H,4-7H2,1H3,(H,23,27). The van der Waals surface area contributed by atoms with Gasteiger partial charge in [-0.15, -0.1) is 0 Å². The van der Waals surface area contributed by atoms with Gasteiger partial charge in [0.05, 0.1) is 5.56 Å². The summed E-state index contributed by atoms with van der Waals surface area (Å²) in [6.07, 6.45) is -3.62. The number of amides is 1. The average molecular weight is 422 g/mol. The predicted molar refractivity (Wildman–Crippen MR) is 101 cm³/mol. The molecule has 1 amide bonds. The predicted octanol–water partition coefficient (Wildman–Crippen LogP) is 2.55. The largest absolute Gasteiger partial charge is 0.486 e. The monoisotopic (exact) mass is 422 g/mol. The summed E-state index contributed by atoms with van der Waals surface area (Å²) in [5.74, 6) is 0.670. The number of halogens is 3. The van der Waals surface area contributed by atoms with Gasteiger partial charge in [-0.3, -0.25) is 18.8 Å². The van der Waals surface area contributed by atoms with Crippen molar-refractivity contribution >= 4 is 22.6 Å². The maximum absolute atomic E-state index is 13.2. The Morgan fingerprint density at radius 3 is 2.67 bits per heavy atom. The molecule has 0 radical (unpaired) electrons. The van der Waals surface area contributed by atoms with E-state index in [9.17, 15) is 22.8 Å². The van der Waals surface area contributed by atoms with Crippen molar-refractivity contribution in [3.05, 3.63) is 46.4 Å². The highest BCUT2D eigenvalue weighted by molar-refractivity contribution is 5.91. The molecule has 0 saturated carbocycles. The van der Waals surface area contributed by atoms with Gasteiger partial charge < -0.3 is 14.8 Å². The molecule has 0 bridgehead atoms. The number of anilines is 1. The summed E-state index contributed by atoms with van der Waals surface area (Å²) in [5, 5.41) is 6.45. The first kappa shape index (κ1) is 19.8. The van der Waals surface area contributed by atoms with Crippen LogP contribution in [0.25, 0.3) is 11.0 Å². The molecule has 1 aliphatic heterocycles. The van der Waals surface area contributed by atoms with Crippen LogP contribution in [0, 0.1) is 0 Å². The molecule has 158 valence electrons. The number of benzene rings is 1. The fraction of sp³-hybridized carbons (Fsp3) is 0.316. The van der Waals surface area contributed by atoms with E-state index in [2.05, 4.69) is 10.4 Å². The van der Waals surface area contributed by atoms with Gasteiger partial charge in [0.15, 0.2) is 17.1 Å². The topological polar surface area (TPSA) is 87.4 Å². The first-order valence-corrected chi connectivity index (χ1v) is 9.06. The van der Waals surface area contributed by atoms with Crippen LogP contribution in [-0.4, -0.2) is 33.5 Å². The Labute approximate surface area is 167 Å². The minimum absolute atomic E-state index is 0.121. The highest BCUT2D eigenvalue weighted by Gasteiger charge is 2.34. The Morgan fingerprint density at radius 1 is 1.20 bits per heavy atom. The third kappa shape index (κ3) is 3.82. The summed E-state index contributed by atoms with van der Waals surface area (Å²) in [6, 6.07) is 5.46. The third-order valence-corrected chi connectivity index (χ3v) is 4.58. The molecule has 0 atom stereocenters. The normalized spacial score (nSPS) is 13.5. The van der Waals surface area contributed by atoms with Crippen molar-refractivity contribution < 1.29 is 27.4 Å². The molecule has 0 aliphatic carbocycles. The summed E-state index contributed by atoms with van der Waals surface area (Å²) in [4.78, 5) is 24.6. The second kappa shape index (κ2) is 7.39. The Hall–Kier alpha value is -3.50. The Bertz CT molecular complexity index is 1180. The number of ether oxygens (including phenoxy) is 2. The molecular formula is C19H17F3N4O4. The molecular weight excluding hydrogens is 405 g/mol. The van der Waals surface area contributed by atoms with E-state index < -0.39 is 23.2 Å². The number of carbonyl (C=O) groups is 1. The van der Waals surface area contributed by atoms with Gasteiger partial charge in [-0.25, -0.2) is 0 Å². The summed E-state index contributed by atoms with van der Waals surface area (Å²) in [5.41, 5.74) is -1.57. The third-order valence-electron chi connectivity index (χ3n) is 4.58.